The van der Waals surface area contributed by atoms with Gasteiger partial charge in [-0.15, -0.1) is 10.2 Å². The molecule has 1 aromatic carbocycles. The van der Waals surface area contributed by atoms with Crippen molar-refractivity contribution in [3.8, 4) is 11.4 Å². The van der Waals surface area contributed by atoms with Crippen molar-refractivity contribution in [2.24, 2.45) is 14.1 Å². The van der Waals surface area contributed by atoms with Crippen LogP contribution in [0.1, 0.15) is 5.01 Å². The minimum absolute atomic E-state index is 0.0698. The first kappa shape index (κ1) is 21.8. The number of hydrogen-bond acceptors (Lipinski definition) is 9. The number of benzene rings is 1. The van der Waals surface area contributed by atoms with E-state index in [0.29, 0.717) is 15.7 Å². The SMILES string of the molecule is Cc1nnc(NC(=O)CSc2nc(-c3ccc(F)cc3)nc3c2c(=O)n(C)c(=O)n3C)s1. The van der Waals surface area contributed by atoms with E-state index in [1.54, 1.807) is 6.92 Å². The Bertz CT molecular complexity index is 1460. The Morgan fingerprint density at radius 3 is 2.50 bits per heavy atom. The second kappa shape index (κ2) is 8.59. The average Bonchev–Trinajstić information content (AvgIpc) is 3.19. The summed E-state index contributed by atoms with van der Waals surface area (Å²) in [6.45, 7) is 1.77. The normalized spacial score (nSPS) is 11.1. The lowest BCUT2D eigenvalue weighted by Crippen LogP contribution is -2.37. The van der Waals surface area contributed by atoms with Gasteiger partial charge in [-0.05, 0) is 31.2 Å². The van der Waals surface area contributed by atoms with Crippen LogP contribution in [0.4, 0.5) is 9.52 Å². The fourth-order valence-electron chi connectivity index (χ4n) is 2.90. The molecule has 13 heteroatoms. The molecule has 0 aliphatic rings. The van der Waals surface area contributed by atoms with E-state index in [1.165, 1.54) is 54.3 Å². The molecule has 32 heavy (non-hydrogen) atoms. The topological polar surface area (TPSA) is 125 Å². The highest BCUT2D eigenvalue weighted by Gasteiger charge is 2.19. The van der Waals surface area contributed by atoms with Crippen molar-refractivity contribution in [3.05, 3.63) is 55.9 Å². The van der Waals surface area contributed by atoms with Gasteiger partial charge in [0.2, 0.25) is 11.0 Å². The van der Waals surface area contributed by atoms with E-state index < -0.39 is 17.1 Å². The van der Waals surface area contributed by atoms with E-state index in [-0.39, 0.29) is 33.5 Å². The highest BCUT2D eigenvalue weighted by atomic mass is 32.2. The maximum atomic E-state index is 13.4. The first-order valence-corrected chi connectivity index (χ1v) is 11.0. The van der Waals surface area contributed by atoms with Crippen LogP contribution in [-0.4, -0.2) is 41.0 Å². The van der Waals surface area contributed by atoms with E-state index in [0.717, 1.165) is 16.3 Å². The number of rotatable bonds is 5. The van der Waals surface area contributed by atoms with Gasteiger partial charge in [0.15, 0.2) is 11.5 Å². The lowest BCUT2D eigenvalue weighted by atomic mass is 10.2. The zero-order chi connectivity index (χ0) is 23.0. The average molecular weight is 474 g/mol. The fourth-order valence-corrected chi connectivity index (χ4v) is 4.32. The molecule has 0 radical (unpaired) electrons. The Balaban J connectivity index is 1.78. The molecule has 1 amide bonds. The van der Waals surface area contributed by atoms with Crippen LogP contribution in [0, 0.1) is 12.7 Å². The van der Waals surface area contributed by atoms with Crippen molar-refractivity contribution < 1.29 is 9.18 Å². The molecule has 0 atom stereocenters. The standard InChI is InChI=1S/C19H16FN7O3S2/c1-9-24-25-18(32-9)21-12(28)8-31-16-13-15(26(2)19(30)27(3)17(13)29)22-14(23-16)10-4-6-11(20)7-5-10/h4-7H,8H2,1-3H3,(H,21,25,28). The Hall–Kier alpha value is -3.45. The van der Waals surface area contributed by atoms with Crippen LogP contribution in [0.3, 0.4) is 0 Å². The number of halogens is 1. The second-order valence-corrected chi connectivity index (χ2v) is 8.87. The number of carbonyl (C=O) groups is 1. The van der Waals surface area contributed by atoms with Crippen molar-refractivity contribution in [2.75, 3.05) is 11.1 Å². The number of nitrogens with zero attached hydrogens (tertiary/aromatic N) is 6. The van der Waals surface area contributed by atoms with E-state index in [2.05, 4.69) is 25.5 Å². The molecule has 0 saturated heterocycles. The minimum Gasteiger partial charge on any atom is -0.300 e. The molecule has 0 bridgehead atoms. The molecular weight excluding hydrogens is 457 g/mol. The maximum absolute atomic E-state index is 13.4. The largest absolute Gasteiger partial charge is 0.332 e. The molecule has 3 heterocycles. The second-order valence-electron chi connectivity index (χ2n) is 6.73. The number of hydrogen-bond donors (Lipinski definition) is 1. The van der Waals surface area contributed by atoms with Crippen molar-refractivity contribution >= 4 is 45.2 Å². The summed E-state index contributed by atoms with van der Waals surface area (Å²) >= 11 is 2.26. The molecule has 0 aliphatic heterocycles. The van der Waals surface area contributed by atoms with E-state index in [1.807, 2.05) is 0 Å². The smallest absolute Gasteiger partial charge is 0.300 e. The Morgan fingerprint density at radius 1 is 1.12 bits per heavy atom. The molecule has 1 N–H and O–H groups in total. The molecule has 0 unspecified atom stereocenters. The number of anilines is 1. The third kappa shape index (κ3) is 4.16. The Labute approximate surface area is 188 Å². The van der Waals surface area contributed by atoms with Crippen LogP contribution >= 0.6 is 23.1 Å². The van der Waals surface area contributed by atoms with Gasteiger partial charge in [0.1, 0.15) is 21.2 Å². The van der Waals surface area contributed by atoms with E-state index >= 15 is 0 Å². The predicted molar refractivity (Wildman–Crippen MR) is 119 cm³/mol. The van der Waals surface area contributed by atoms with Crippen LogP contribution in [0.5, 0.6) is 0 Å². The zero-order valence-corrected chi connectivity index (χ0v) is 18.8. The molecule has 0 saturated carbocycles. The molecule has 4 aromatic rings. The molecule has 4 rings (SSSR count). The molecule has 0 aliphatic carbocycles. The first-order chi connectivity index (χ1) is 15.2. The lowest BCUT2D eigenvalue weighted by molar-refractivity contribution is -0.113. The summed E-state index contributed by atoms with van der Waals surface area (Å²) < 4.78 is 15.5. The van der Waals surface area contributed by atoms with Gasteiger partial charge in [0.25, 0.3) is 5.56 Å². The molecule has 0 spiro atoms. The van der Waals surface area contributed by atoms with Crippen LogP contribution in [0.25, 0.3) is 22.4 Å². The number of amides is 1. The quantitative estimate of drug-likeness (QED) is 0.343. The summed E-state index contributed by atoms with van der Waals surface area (Å²) in [7, 11) is 2.85. The van der Waals surface area contributed by atoms with Crippen LogP contribution < -0.4 is 16.6 Å². The number of thioether (sulfide) groups is 1. The summed E-state index contributed by atoms with van der Waals surface area (Å²) in [5.41, 5.74) is -0.504. The Morgan fingerprint density at radius 2 is 1.84 bits per heavy atom. The van der Waals surface area contributed by atoms with Gasteiger partial charge in [-0.25, -0.2) is 19.2 Å². The van der Waals surface area contributed by atoms with Gasteiger partial charge < -0.3 is 0 Å². The number of aromatic nitrogens is 6. The molecule has 3 aromatic heterocycles. The van der Waals surface area contributed by atoms with Gasteiger partial charge >= 0.3 is 5.69 Å². The molecule has 164 valence electrons. The van der Waals surface area contributed by atoms with E-state index in [4.69, 9.17) is 0 Å². The van der Waals surface area contributed by atoms with Crippen molar-refractivity contribution in [1.29, 1.82) is 0 Å². The van der Waals surface area contributed by atoms with Crippen molar-refractivity contribution in [1.82, 2.24) is 29.3 Å². The molecule has 10 nitrogen and oxygen atoms in total. The summed E-state index contributed by atoms with van der Waals surface area (Å²) in [4.78, 5) is 46.5. The van der Waals surface area contributed by atoms with Gasteiger partial charge in [-0.1, -0.05) is 23.1 Å². The maximum Gasteiger partial charge on any atom is 0.332 e. The third-order valence-electron chi connectivity index (χ3n) is 4.48. The van der Waals surface area contributed by atoms with Gasteiger partial charge in [0.05, 0.1) is 5.75 Å². The summed E-state index contributed by atoms with van der Waals surface area (Å²) in [6, 6.07) is 5.51. The zero-order valence-electron chi connectivity index (χ0n) is 17.1. The number of carbonyl (C=O) groups excluding carboxylic acids is 1. The summed E-state index contributed by atoms with van der Waals surface area (Å²) in [6.07, 6.45) is 0. The Kier molecular flexibility index (Phi) is 5.84. The molecular formula is C19H16FN7O3S2. The lowest BCUT2D eigenvalue weighted by Gasteiger charge is -2.12. The van der Waals surface area contributed by atoms with Crippen LogP contribution in [-0.2, 0) is 18.9 Å². The minimum atomic E-state index is -0.573. The first-order valence-electron chi connectivity index (χ1n) is 9.21. The summed E-state index contributed by atoms with van der Waals surface area (Å²) in [5.74, 6) is -0.653. The highest BCUT2D eigenvalue weighted by Crippen LogP contribution is 2.26. The molecule has 0 fully saturated rings. The van der Waals surface area contributed by atoms with E-state index in [9.17, 15) is 18.8 Å². The van der Waals surface area contributed by atoms with Gasteiger partial charge in [0, 0.05) is 19.7 Å². The summed E-state index contributed by atoms with van der Waals surface area (Å²) in [5, 5.41) is 11.8. The number of aryl methyl sites for hydroxylation is 2. The predicted octanol–water partition coefficient (Wildman–Crippen LogP) is 1.72. The van der Waals surface area contributed by atoms with Crippen molar-refractivity contribution in [3.63, 3.8) is 0 Å². The third-order valence-corrected chi connectivity index (χ3v) is 6.21. The number of nitrogens with one attached hydrogen (secondary N) is 1. The van der Waals surface area contributed by atoms with Gasteiger partial charge in [-0.2, -0.15) is 0 Å². The van der Waals surface area contributed by atoms with Gasteiger partial charge in [-0.3, -0.25) is 24.0 Å². The number of fused-ring (bicyclic) bond motifs is 1. The highest BCUT2D eigenvalue weighted by molar-refractivity contribution is 8.00. The van der Waals surface area contributed by atoms with Crippen molar-refractivity contribution in [2.45, 2.75) is 11.9 Å². The fraction of sp³-hybridized carbons (Fsp3) is 0.211. The van der Waals surface area contributed by atoms with Crippen LogP contribution in [0.2, 0.25) is 0 Å². The monoisotopic (exact) mass is 473 g/mol. The van der Waals surface area contributed by atoms with Crippen LogP contribution in [0.15, 0.2) is 38.9 Å².